The molecule has 2 heterocycles. The number of rotatable bonds is 1. The highest BCUT2D eigenvalue weighted by atomic mass is 32.2. The maximum atomic E-state index is 13.6. The Kier molecular flexibility index (Phi) is 3.72. The molecule has 1 aromatic heterocycles. The summed E-state index contributed by atoms with van der Waals surface area (Å²) < 4.78 is 30.5. The SMILES string of the molecule is CC1=C2C(CCS2(=O)=O)C2=C(C1)C(=O)C1CC(=O)CC(c3ccco3)C1C2=O. The highest BCUT2D eigenvalue weighted by molar-refractivity contribution is 7.95. The van der Waals surface area contributed by atoms with Crippen LogP contribution in [0.15, 0.2) is 44.4 Å². The van der Waals surface area contributed by atoms with E-state index in [4.69, 9.17) is 4.42 Å². The number of furan rings is 1. The minimum Gasteiger partial charge on any atom is -0.469 e. The second-order valence-electron chi connectivity index (χ2n) is 8.30. The summed E-state index contributed by atoms with van der Waals surface area (Å²) in [6, 6.07) is 3.44. The lowest BCUT2D eigenvalue weighted by Crippen LogP contribution is -2.47. The van der Waals surface area contributed by atoms with Crippen molar-refractivity contribution in [3.63, 3.8) is 0 Å². The lowest BCUT2D eigenvalue weighted by molar-refractivity contribution is -0.138. The molecule has 2 fully saturated rings. The van der Waals surface area contributed by atoms with Crippen LogP contribution in [0.5, 0.6) is 0 Å². The molecule has 0 aromatic carbocycles. The molecule has 1 saturated heterocycles. The van der Waals surface area contributed by atoms with Gasteiger partial charge in [-0.05, 0) is 31.9 Å². The molecule has 6 nitrogen and oxygen atoms in total. The van der Waals surface area contributed by atoms with Gasteiger partial charge in [0, 0.05) is 47.7 Å². The van der Waals surface area contributed by atoms with Gasteiger partial charge in [0.05, 0.1) is 16.9 Å². The molecule has 0 bridgehead atoms. The summed E-state index contributed by atoms with van der Waals surface area (Å²) >= 11 is 0. The first-order valence-electron chi connectivity index (χ1n) is 9.58. The van der Waals surface area contributed by atoms with E-state index in [1.165, 1.54) is 6.26 Å². The Morgan fingerprint density at radius 1 is 1.07 bits per heavy atom. The molecule has 4 atom stereocenters. The number of Topliss-reactive ketones (excluding diaryl/α,β-unsaturated/α-hetero) is 3. The molecule has 1 aliphatic heterocycles. The third-order valence-electron chi connectivity index (χ3n) is 6.74. The summed E-state index contributed by atoms with van der Waals surface area (Å²) in [5, 5.41) is 0. The van der Waals surface area contributed by atoms with Gasteiger partial charge in [-0.15, -0.1) is 0 Å². The fourth-order valence-electron chi connectivity index (χ4n) is 5.68. The molecule has 146 valence electrons. The number of fused-ring (bicyclic) bond motifs is 3. The summed E-state index contributed by atoms with van der Waals surface area (Å²) in [4.78, 5) is 39.7. The molecule has 1 saturated carbocycles. The summed E-state index contributed by atoms with van der Waals surface area (Å²) in [7, 11) is -3.37. The Balaban J connectivity index is 1.65. The molecule has 3 aliphatic carbocycles. The Bertz CT molecular complexity index is 1090. The van der Waals surface area contributed by atoms with Crippen LogP contribution >= 0.6 is 0 Å². The minimum atomic E-state index is -3.37. The number of carbonyl (C=O) groups excluding carboxylic acids is 3. The van der Waals surface area contributed by atoms with E-state index in [1.54, 1.807) is 19.1 Å². The van der Waals surface area contributed by atoms with Gasteiger partial charge in [0.2, 0.25) is 0 Å². The molecular weight excluding hydrogens is 380 g/mol. The Hall–Kier alpha value is -2.28. The average molecular weight is 400 g/mol. The number of hydrogen-bond acceptors (Lipinski definition) is 6. The van der Waals surface area contributed by atoms with Crippen molar-refractivity contribution in [1.29, 1.82) is 0 Å². The number of hydrogen-bond donors (Lipinski definition) is 0. The number of ketones is 3. The van der Waals surface area contributed by atoms with Gasteiger partial charge >= 0.3 is 0 Å². The maximum Gasteiger partial charge on any atom is 0.175 e. The zero-order valence-corrected chi connectivity index (χ0v) is 16.3. The van der Waals surface area contributed by atoms with Crippen LogP contribution in [0.2, 0.25) is 0 Å². The lowest BCUT2D eigenvalue weighted by Gasteiger charge is -2.41. The molecule has 28 heavy (non-hydrogen) atoms. The first kappa shape index (κ1) is 17.8. The Labute approximate surface area is 162 Å². The zero-order valence-electron chi connectivity index (χ0n) is 15.4. The van der Waals surface area contributed by atoms with E-state index in [0.717, 1.165) is 0 Å². The average Bonchev–Trinajstić information content (AvgIpc) is 3.27. The molecule has 4 aliphatic rings. The lowest BCUT2D eigenvalue weighted by atomic mass is 9.59. The molecule has 0 spiro atoms. The summed E-state index contributed by atoms with van der Waals surface area (Å²) in [6.07, 6.45) is 2.27. The maximum absolute atomic E-state index is 13.6. The fraction of sp³-hybridized carbons (Fsp3) is 0.476. The quantitative estimate of drug-likeness (QED) is 0.718. The van der Waals surface area contributed by atoms with E-state index < -0.39 is 33.5 Å². The van der Waals surface area contributed by atoms with Gasteiger partial charge in [-0.25, -0.2) is 8.42 Å². The van der Waals surface area contributed by atoms with Crippen molar-refractivity contribution in [2.75, 3.05) is 5.75 Å². The van der Waals surface area contributed by atoms with Crippen LogP contribution in [0.25, 0.3) is 0 Å². The normalized spacial score (nSPS) is 34.4. The first-order chi connectivity index (χ1) is 13.3. The second kappa shape index (κ2) is 5.86. The predicted octanol–water partition coefficient (Wildman–Crippen LogP) is 2.52. The smallest absolute Gasteiger partial charge is 0.175 e. The van der Waals surface area contributed by atoms with E-state index >= 15 is 0 Å². The minimum absolute atomic E-state index is 0.0107. The second-order valence-corrected chi connectivity index (χ2v) is 10.4. The fourth-order valence-corrected chi connectivity index (χ4v) is 7.72. The van der Waals surface area contributed by atoms with E-state index in [9.17, 15) is 22.8 Å². The molecule has 7 heteroatoms. The predicted molar refractivity (Wildman–Crippen MR) is 98.9 cm³/mol. The third-order valence-corrected chi connectivity index (χ3v) is 8.81. The van der Waals surface area contributed by atoms with Crippen LogP contribution in [-0.4, -0.2) is 31.5 Å². The van der Waals surface area contributed by atoms with Crippen molar-refractivity contribution in [3.05, 3.63) is 45.8 Å². The van der Waals surface area contributed by atoms with E-state index in [1.807, 2.05) is 0 Å². The topological polar surface area (TPSA) is 98.5 Å². The molecule has 5 rings (SSSR count). The number of allylic oxidation sites excluding steroid dienone is 4. The van der Waals surface area contributed by atoms with Gasteiger partial charge in [-0.1, -0.05) is 5.57 Å². The molecular formula is C21H20O6S. The van der Waals surface area contributed by atoms with Gasteiger partial charge in [-0.2, -0.15) is 0 Å². The van der Waals surface area contributed by atoms with Crippen molar-refractivity contribution in [3.8, 4) is 0 Å². The summed E-state index contributed by atoms with van der Waals surface area (Å²) in [6.45, 7) is 1.73. The molecule has 1 aromatic rings. The standard InChI is InChI=1S/C21H20O6S/c1-10-7-14-17(12-4-6-28(25,26)21(10)12)20(24)18-13(16-3-2-5-27-16)8-11(22)9-15(18)19(14)23/h2-3,5,12-13,15,18H,4,6-9H2,1H3. The molecule has 4 unspecified atom stereocenters. The van der Waals surface area contributed by atoms with Gasteiger partial charge in [0.1, 0.15) is 11.5 Å². The first-order valence-corrected chi connectivity index (χ1v) is 11.2. The monoisotopic (exact) mass is 400 g/mol. The third kappa shape index (κ3) is 2.32. The van der Waals surface area contributed by atoms with Gasteiger partial charge in [0.25, 0.3) is 0 Å². The number of sulfone groups is 1. The van der Waals surface area contributed by atoms with Gasteiger partial charge < -0.3 is 4.42 Å². The van der Waals surface area contributed by atoms with Crippen LogP contribution in [-0.2, 0) is 24.2 Å². The highest BCUT2D eigenvalue weighted by Crippen LogP contribution is 2.53. The zero-order chi connectivity index (χ0) is 19.8. The summed E-state index contributed by atoms with van der Waals surface area (Å²) in [5.41, 5.74) is 1.48. The van der Waals surface area contributed by atoms with Crippen LogP contribution in [0.4, 0.5) is 0 Å². The van der Waals surface area contributed by atoms with E-state index in [2.05, 4.69) is 0 Å². The van der Waals surface area contributed by atoms with Gasteiger partial charge in [0.15, 0.2) is 21.4 Å². The van der Waals surface area contributed by atoms with Crippen LogP contribution in [0.1, 0.15) is 44.3 Å². The van der Waals surface area contributed by atoms with Crippen LogP contribution in [0, 0.1) is 17.8 Å². The van der Waals surface area contributed by atoms with E-state index in [-0.39, 0.29) is 42.4 Å². The molecule has 0 amide bonds. The van der Waals surface area contributed by atoms with Crippen molar-refractivity contribution < 1.29 is 27.2 Å². The van der Waals surface area contributed by atoms with Crippen molar-refractivity contribution >= 4 is 27.2 Å². The molecule has 0 N–H and O–H groups in total. The largest absolute Gasteiger partial charge is 0.469 e. The van der Waals surface area contributed by atoms with Crippen molar-refractivity contribution in [2.24, 2.45) is 17.8 Å². The van der Waals surface area contributed by atoms with Crippen LogP contribution < -0.4 is 0 Å². The van der Waals surface area contributed by atoms with Crippen molar-refractivity contribution in [2.45, 2.75) is 38.5 Å². The Morgan fingerprint density at radius 3 is 2.54 bits per heavy atom. The highest BCUT2D eigenvalue weighted by Gasteiger charge is 2.55. The van der Waals surface area contributed by atoms with Gasteiger partial charge in [-0.3, -0.25) is 14.4 Å². The van der Waals surface area contributed by atoms with E-state index in [0.29, 0.717) is 33.8 Å². The number of carbonyl (C=O) groups is 3. The van der Waals surface area contributed by atoms with Crippen LogP contribution in [0.3, 0.4) is 0 Å². The molecule has 0 radical (unpaired) electrons. The van der Waals surface area contributed by atoms with Crippen molar-refractivity contribution in [1.82, 2.24) is 0 Å². The Morgan fingerprint density at radius 2 is 1.82 bits per heavy atom. The summed E-state index contributed by atoms with van der Waals surface area (Å²) in [5.74, 6) is -2.13.